The fourth-order valence-corrected chi connectivity index (χ4v) is 1.32. The highest BCUT2D eigenvalue weighted by molar-refractivity contribution is 5.91. The molecule has 0 saturated carbocycles. The van der Waals surface area contributed by atoms with Gasteiger partial charge in [-0.05, 0) is 24.5 Å². The van der Waals surface area contributed by atoms with E-state index in [-0.39, 0.29) is 5.57 Å². The van der Waals surface area contributed by atoms with E-state index < -0.39 is 5.97 Å². The van der Waals surface area contributed by atoms with E-state index in [1.165, 1.54) is 0 Å². The van der Waals surface area contributed by atoms with Gasteiger partial charge in [0.1, 0.15) is 11.6 Å². The molecule has 1 aromatic rings. The maximum Gasteiger partial charge on any atom is 0.346 e. The molecule has 0 saturated heterocycles. The Labute approximate surface area is 88.3 Å². The molecule has 15 heavy (non-hydrogen) atoms. The molecule has 0 radical (unpaired) electrons. The number of carbonyl (C=O) groups is 1. The Morgan fingerprint density at radius 3 is 2.47 bits per heavy atom. The van der Waals surface area contributed by atoms with Gasteiger partial charge in [-0.1, -0.05) is 30.3 Å². The van der Waals surface area contributed by atoms with Crippen molar-refractivity contribution in [3.05, 3.63) is 47.0 Å². The van der Waals surface area contributed by atoms with E-state index in [1.54, 1.807) is 13.0 Å². The fourth-order valence-electron chi connectivity index (χ4n) is 1.32. The van der Waals surface area contributed by atoms with Crippen LogP contribution in [-0.4, -0.2) is 11.1 Å². The third-order valence-corrected chi connectivity index (χ3v) is 2.06. The highest BCUT2D eigenvalue weighted by Crippen LogP contribution is 2.11. The first-order valence-electron chi connectivity index (χ1n) is 4.52. The lowest BCUT2D eigenvalue weighted by Gasteiger charge is -2.02. The van der Waals surface area contributed by atoms with E-state index in [9.17, 15) is 4.79 Å². The van der Waals surface area contributed by atoms with Gasteiger partial charge < -0.3 is 5.11 Å². The summed E-state index contributed by atoms with van der Waals surface area (Å²) >= 11 is 0. The predicted molar refractivity (Wildman–Crippen MR) is 56.1 cm³/mol. The van der Waals surface area contributed by atoms with Crippen LogP contribution in [0, 0.1) is 11.3 Å². The summed E-state index contributed by atoms with van der Waals surface area (Å²) in [5, 5.41) is 17.4. The normalized spacial score (nSPS) is 11.5. The molecule has 0 atom stereocenters. The van der Waals surface area contributed by atoms with Gasteiger partial charge in [-0.15, -0.1) is 0 Å². The topological polar surface area (TPSA) is 61.1 Å². The van der Waals surface area contributed by atoms with E-state index in [4.69, 9.17) is 10.4 Å². The molecule has 0 aliphatic rings. The Morgan fingerprint density at radius 2 is 2.00 bits per heavy atom. The number of hydrogen-bond acceptors (Lipinski definition) is 2. The van der Waals surface area contributed by atoms with Crippen molar-refractivity contribution in [2.45, 2.75) is 13.3 Å². The molecule has 0 aliphatic carbocycles. The summed E-state index contributed by atoms with van der Waals surface area (Å²) in [5.74, 6) is -1.16. The summed E-state index contributed by atoms with van der Waals surface area (Å²) in [4.78, 5) is 10.7. The second kappa shape index (κ2) is 4.97. The zero-order chi connectivity index (χ0) is 11.3. The van der Waals surface area contributed by atoms with Crippen LogP contribution >= 0.6 is 0 Å². The summed E-state index contributed by atoms with van der Waals surface area (Å²) < 4.78 is 0. The van der Waals surface area contributed by atoms with Crippen LogP contribution in [0.3, 0.4) is 0 Å². The lowest BCUT2D eigenvalue weighted by molar-refractivity contribution is -0.132. The Balaban J connectivity index is 2.92. The number of carboxylic acids is 1. The van der Waals surface area contributed by atoms with E-state index in [2.05, 4.69) is 0 Å². The van der Waals surface area contributed by atoms with Gasteiger partial charge in [0.15, 0.2) is 0 Å². The summed E-state index contributed by atoms with van der Waals surface area (Å²) in [6.45, 7) is 1.67. The number of carboxylic acid groups (broad SMARTS) is 1. The van der Waals surface area contributed by atoms with Gasteiger partial charge in [-0.2, -0.15) is 5.26 Å². The van der Waals surface area contributed by atoms with Crippen LogP contribution < -0.4 is 0 Å². The molecule has 76 valence electrons. The smallest absolute Gasteiger partial charge is 0.346 e. The van der Waals surface area contributed by atoms with E-state index in [0.29, 0.717) is 12.0 Å². The van der Waals surface area contributed by atoms with Gasteiger partial charge in [0.2, 0.25) is 0 Å². The average Bonchev–Trinajstić information content (AvgIpc) is 2.19. The van der Waals surface area contributed by atoms with Crippen molar-refractivity contribution in [3.8, 4) is 6.07 Å². The zero-order valence-electron chi connectivity index (χ0n) is 8.40. The SMILES string of the molecule is C/C(Cc1ccccc1)=C(/C#N)C(=O)O. The minimum absolute atomic E-state index is 0.168. The molecule has 0 aromatic heterocycles. The molecule has 1 rings (SSSR count). The van der Waals surface area contributed by atoms with Gasteiger partial charge in [0.25, 0.3) is 0 Å². The third-order valence-electron chi connectivity index (χ3n) is 2.06. The van der Waals surface area contributed by atoms with Gasteiger partial charge >= 0.3 is 5.97 Å². The van der Waals surface area contributed by atoms with Crippen LogP contribution in [0.15, 0.2) is 41.5 Å². The first-order chi connectivity index (χ1) is 7.15. The molecule has 3 nitrogen and oxygen atoms in total. The summed E-state index contributed by atoms with van der Waals surface area (Å²) in [6, 6.07) is 11.2. The standard InChI is InChI=1S/C12H11NO2/c1-9(11(8-13)12(14)15)7-10-5-3-2-4-6-10/h2-6H,7H2,1H3,(H,14,15)/b11-9+. The molecule has 3 heteroatoms. The number of nitrogens with zero attached hydrogens (tertiary/aromatic N) is 1. The number of nitriles is 1. The van der Waals surface area contributed by atoms with Crippen molar-refractivity contribution in [2.24, 2.45) is 0 Å². The monoisotopic (exact) mass is 201 g/mol. The van der Waals surface area contributed by atoms with Gasteiger partial charge in [0, 0.05) is 0 Å². The molecular weight excluding hydrogens is 190 g/mol. The van der Waals surface area contributed by atoms with E-state index in [0.717, 1.165) is 5.56 Å². The first-order valence-corrected chi connectivity index (χ1v) is 4.52. The number of allylic oxidation sites excluding steroid dienone is 1. The van der Waals surface area contributed by atoms with Crippen LogP contribution in [0.25, 0.3) is 0 Å². The summed E-state index contributed by atoms with van der Waals surface area (Å²) in [7, 11) is 0. The van der Waals surface area contributed by atoms with E-state index in [1.807, 2.05) is 30.3 Å². The van der Waals surface area contributed by atoms with Crippen LogP contribution in [0.4, 0.5) is 0 Å². The molecule has 0 heterocycles. The second-order valence-electron chi connectivity index (χ2n) is 3.23. The van der Waals surface area contributed by atoms with Gasteiger partial charge in [-0.3, -0.25) is 0 Å². The highest BCUT2D eigenvalue weighted by atomic mass is 16.4. The minimum Gasteiger partial charge on any atom is -0.477 e. The molecule has 0 bridgehead atoms. The van der Waals surface area contributed by atoms with Crippen molar-refractivity contribution >= 4 is 5.97 Å². The lowest BCUT2D eigenvalue weighted by Crippen LogP contribution is -2.02. The Morgan fingerprint density at radius 1 is 1.40 bits per heavy atom. The maximum absolute atomic E-state index is 10.7. The predicted octanol–water partition coefficient (Wildman–Crippen LogP) is 2.15. The first kappa shape index (κ1) is 11.0. The number of aliphatic carboxylic acids is 1. The number of hydrogen-bond donors (Lipinski definition) is 1. The largest absolute Gasteiger partial charge is 0.477 e. The molecule has 1 aromatic carbocycles. The Hall–Kier alpha value is -2.08. The van der Waals surface area contributed by atoms with Crippen LogP contribution in [0.5, 0.6) is 0 Å². The second-order valence-corrected chi connectivity index (χ2v) is 3.23. The van der Waals surface area contributed by atoms with E-state index >= 15 is 0 Å². The molecule has 0 amide bonds. The van der Waals surface area contributed by atoms with Crippen LogP contribution in [0.1, 0.15) is 12.5 Å². The van der Waals surface area contributed by atoms with Gasteiger partial charge in [-0.25, -0.2) is 4.79 Å². The zero-order valence-corrected chi connectivity index (χ0v) is 8.40. The third kappa shape index (κ3) is 2.96. The van der Waals surface area contributed by atoms with Crippen LogP contribution in [0.2, 0.25) is 0 Å². The maximum atomic E-state index is 10.7. The van der Waals surface area contributed by atoms with Gasteiger partial charge in [0.05, 0.1) is 0 Å². The van der Waals surface area contributed by atoms with Crippen molar-refractivity contribution in [1.82, 2.24) is 0 Å². The van der Waals surface area contributed by atoms with Crippen molar-refractivity contribution < 1.29 is 9.90 Å². The minimum atomic E-state index is -1.16. The molecule has 0 aliphatic heterocycles. The Bertz CT molecular complexity index is 427. The molecular formula is C12H11NO2. The summed E-state index contributed by atoms with van der Waals surface area (Å²) in [5.41, 5.74) is 1.42. The lowest BCUT2D eigenvalue weighted by atomic mass is 10.0. The number of benzene rings is 1. The van der Waals surface area contributed by atoms with Crippen molar-refractivity contribution in [1.29, 1.82) is 5.26 Å². The molecule has 0 fully saturated rings. The highest BCUT2D eigenvalue weighted by Gasteiger charge is 2.10. The quantitative estimate of drug-likeness (QED) is 0.602. The fraction of sp³-hybridized carbons (Fsp3) is 0.167. The average molecular weight is 201 g/mol. The molecule has 0 unspecified atom stereocenters. The number of rotatable bonds is 3. The van der Waals surface area contributed by atoms with Crippen molar-refractivity contribution in [2.75, 3.05) is 0 Å². The molecule has 1 N–H and O–H groups in total. The van der Waals surface area contributed by atoms with Crippen LogP contribution in [-0.2, 0) is 11.2 Å². The summed E-state index contributed by atoms with van der Waals surface area (Å²) in [6.07, 6.45) is 0.496. The molecule has 0 spiro atoms. The van der Waals surface area contributed by atoms with Crippen molar-refractivity contribution in [3.63, 3.8) is 0 Å². The Kier molecular flexibility index (Phi) is 3.64.